The topological polar surface area (TPSA) is 26.3 Å². The van der Waals surface area contributed by atoms with Gasteiger partial charge in [-0.2, -0.15) is 12.6 Å². The van der Waals surface area contributed by atoms with E-state index in [1.165, 1.54) is 0 Å². The van der Waals surface area contributed by atoms with Crippen molar-refractivity contribution >= 4 is 36.3 Å². The van der Waals surface area contributed by atoms with Gasteiger partial charge in [-0.1, -0.05) is 0 Å². The highest BCUT2D eigenvalue weighted by molar-refractivity contribution is 7.99. The van der Waals surface area contributed by atoms with Gasteiger partial charge in [-0.05, 0) is 13.8 Å². The highest BCUT2D eigenvalue weighted by Gasteiger charge is 2.07. The lowest BCUT2D eigenvalue weighted by Crippen LogP contribution is -2.10. The first kappa shape index (κ1) is 9.81. The van der Waals surface area contributed by atoms with Crippen molar-refractivity contribution < 1.29 is 8.39 Å². The van der Waals surface area contributed by atoms with Crippen LogP contribution in [0.3, 0.4) is 0 Å². The monoisotopic (exact) mass is 186 g/mol. The van der Waals surface area contributed by atoms with Gasteiger partial charge < -0.3 is 0 Å². The maximum Gasteiger partial charge on any atom is 0.169 e. The van der Waals surface area contributed by atoms with Crippen LogP contribution >= 0.6 is 25.3 Å². The average molecular weight is 186 g/mol. The molecule has 0 aromatic carbocycles. The van der Waals surface area contributed by atoms with Gasteiger partial charge in [0.2, 0.25) is 0 Å². The van der Waals surface area contributed by atoms with E-state index in [4.69, 9.17) is 4.18 Å². The predicted molar refractivity (Wildman–Crippen MR) is 46.1 cm³/mol. The average Bonchev–Trinajstić information content (AvgIpc) is 1.63. The summed E-state index contributed by atoms with van der Waals surface area (Å²) in [6.45, 7) is 3.41. The second-order valence-corrected chi connectivity index (χ2v) is 4.83. The molecule has 3 unspecified atom stereocenters. The van der Waals surface area contributed by atoms with Crippen molar-refractivity contribution in [3.8, 4) is 0 Å². The van der Waals surface area contributed by atoms with Crippen molar-refractivity contribution in [2.24, 2.45) is 0 Å². The van der Waals surface area contributed by atoms with E-state index in [2.05, 4.69) is 25.3 Å². The van der Waals surface area contributed by atoms with E-state index in [9.17, 15) is 4.21 Å². The van der Waals surface area contributed by atoms with Gasteiger partial charge in [-0.3, -0.25) is 4.18 Å². The molecule has 2 nitrogen and oxygen atoms in total. The van der Waals surface area contributed by atoms with Crippen LogP contribution < -0.4 is 0 Å². The van der Waals surface area contributed by atoms with Crippen LogP contribution in [0.15, 0.2) is 0 Å². The van der Waals surface area contributed by atoms with Gasteiger partial charge in [0.25, 0.3) is 0 Å². The summed E-state index contributed by atoms with van der Waals surface area (Å²) in [6.07, 6.45) is 0. The SMILES string of the molecule is CC(S)OS(=O)C(C)S. The molecule has 0 N–H and O–H groups in total. The minimum Gasteiger partial charge on any atom is -0.276 e. The largest absolute Gasteiger partial charge is 0.276 e. The molecule has 5 heteroatoms. The van der Waals surface area contributed by atoms with Gasteiger partial charge in [-0.15, -0.1) is 12.6 Å². The Kier molecular flexibility index (Phi) is 5.01. The van der Waals surface area contributed by atoms with Crippen molar-refractivity contribution in [2.75, 3.05) is 0 Å². The molecule has 0 saturated heterocycles. The second-order valence-electron chi connectivity index (χ2n) is 1.56. The van der Waals surface area contributed by atoms with Gasteiger partial charge in [0.1, 0.15) is 10.0 Å². The lowest BCUT2D eigenvalue weighted by Gasteiger charge is -2.06. The fourth-order valence-corrected chi connectivity index (χ4v) is 1.06. The van der Waals surface area contributed by atoms with Gasteiger partial charge in [0.05, 0.1) is 0 Å². The molecule has 3 atom stereocenters. The Balaban J connectivity index is 3.51. The Morgan fingerprint density at radius 1 is 1.44 bits per heavy atom. The lowest BCUT2D eigenvalue weighted by molar-refractivity contribution is 0.340. The minimum atomic E-state index is -1.31. The molecule has 0 aliphatic heterocycles. The summed E-state index contributed by atoms with van der Waals surface area (Å²) in [5, 5.41) is 0. The molecule has 0 radical (unpaired) electrons. The quantitative estimate of drug-likeness (QED) is 0.512. The van der Waals surface area contributed by atoms with Crippen molar-refractivity contribution in [3.63, 3.8) is 0 Å². The Labute approximate surface area is 68.8 Å². The van der Waals surface area contributed by atoms with E-state index in [0.717, 1.165) is 0 Å². The highest BCUT2D eigenvalue weighted by Crippen LogP contribution is 2.06. The molecular weight excluding hydrogens is 176 g/mol. The Morgan fingerprint density at radius 2 is 1.89 bits per heavy atom. The van der Waals surface area contributed by atoms with Crippen LogP contribution in [0.25, 0.3) is 0 Å². The summed E-state index contributed by atoms with van der Waals surface area (Å²) in [5.41, 5.74) is -0.291. The second kappa shape index (κ2) is 4.60. The first-order valence-corrected chi connectivity index (χ1v) is 4.65. The number of thiol groups is 2. The van der Waals surface area contributed by atoms with Gasteiger partial charge in [0, 0.05) is 0 Å². The highest BCUT2D eigenvalue weighted by atomic mass is 32.2. The molecule has 56 valence electrons. The van der Waals surface area contributed by atoms with E-state index in [-0.39, 0.29) is 10.0 Å². The van der Waals surface area contributed by atoms with Crippen LogP contribution in [-0.4, -0.2) is 14.2 Å². The molecule has 0 aliphatic carbocycles. The smallest absolute Gasteiger partial charge is 0.169 e. The summed E-state index contributed by atoms with van der Waals surface area (Å²) in [4.78, 5) is 0. The molecule has 0 spiro atoms. The summed E-state index contributed by atoms with van der Waals surface area (Å²) in [6, 6.07) is 0. The molecule has 0 amide bonds. The molecule has 0 bridgehead atoms. The fourth-order valence-electron chi connectivity index (χ4n) is 0.218. The van der Waals surface area contributed by atoms with Gasteiger partial charge in [-0.25, -0.2) is 4.21 Å². The Hall–Kier alpha value is 0.810. The number of hydrogen-bond donors (Lipinski definition) is 2. The van der Waals surface area contributed by atoms with Gasteiger partial charge in [0.15, 0.2) is 11.1 Å². The molecular formula is C4H10O2S3. The number of rotatable bonds is 3. The first-order valence-electron chi connectivity index (χ1n) is 2.48. The van der Waals surface area contributed by atoms with E-state index in [1.54, 1.807) is 13.8 Å². The summed E-state index contributed by atoms with van der Waals surface area (Å²) < 4.78 is 15.2. The number of hydrogen-bond acceptors (Lipinski definition) is 4. The fraction of sp³-hybridized carbons (Fsp3) is 1.00. The zero-order chi connectivity index (χ0) is 7.44. The molecule has 0 heterocycles. The molecule has 0 aliphatic rings. The normalized spacial score (nSPS) is 20.9. The Morgan fingerprint density at radius 3 is 2.00 bits per heavy atom. The molecule has 0 aromatic heterocycles. The summed E-state index contributed by atoms with van der Waals surface area (Å²) in [7, 11) is 0. The molecule has 9 heavy (non-hydrogen) atoms. The van der Waals surface area contributed by atoms with Crippen LogP contribution in [-0.2, 0) is 15.3 Å². The van der Waals surface area contributed by atoms with Crippen LogP contribution in [0.2, 0.25) is 0 Å². The van der Waals surface area contributed by atoms with E-state index in [1.807, 2.05) is 0 Å². The van der Waals surface area contributed by atoms with E-state index < -0.39 is 11.1 Å². The zero-order valence-electron chi connectivity index (χ0n) is 5.27. The van der Waals surface area contributed by atoms with Crippen LogP contribution in [0, 0.1) is 0 Å². The molecule has 0 fully saturated rings. The Bertz CT molecular complexity index is 102. The summed E-state index contributed by atoms with van der Waals surface area (Å²) >= 11 is 6.48. The van der Waals surface area contributed by atoms with Crippen LogP contribution in [0.5, 0.6) is 0 Å². The van der Waals surface area contributed by atoms with Crippen molar-refractivity contribution in [1.82, 2.24) is 0 Å². The lowest BCUT2D eigenvalue weighted by atomic mass is 10.9. The molecule has 0 rings (SSSR count). The standard InChI is InChI=1S/C4H10O2S3/c1-3(7)6-9(5)4(2)8/h3-4,7-8H,1-2H3. The minimum absolute atomic E-state index is 0.250. The van der Waals surface area contributed by atoms with Crippen molar-refractivity contribution in [2.45, 2.75) is 23.9 Å². The maximum atomic E-state index is 10.7. The third kappa shape index (κ3) is 5.26. The van der Waals surface area contributed by atoms with Gasteiger partial charge >= 0.3 is 0 Å². The van der Waals surface area contributed by atoms with E-state index in [0.29, 0.717) is 0 Å². The zero-order valence-corrected chi connectivity index (χ0v) is 7.88. The predicted octanol–water partition coefficient (Wildman–Crippen LogP) is 1.22. The third-order valence-corrected chi connectivity index (χ3v) is 2.31. The first-order chi connectivity index (χ1) is 4.04. The van der Waals surface area contributed by atoms with E-state index >= 15 is 0 Å². The van der Waals surface area contributed by atoms with Crippen LogP contribution in [0.4, 0.5) is 0 Å². The summed E-state index contributed by atoms with van der Waals surface area (Å²) in [5.74, 6) is 0. The van der Waals surface area contributed by atoms with Crippen molar-refractivity contribution in [1.29, 1.82) is 0 Å². The molecule has 0 saturated carbocycles. The third-order valence-electron chi connectivity index (χ3n) is 0.513. The van der Waals surface area contributed by atoms with Crippen molar-refractivity contribution in [3.05, 3.63) is 0 Å². The maximum absolute atomic E-state index is 10.7. The van der Waals surface area contributed by atoms with Crippen LogP contribution in [0.1, 0.15) is 13.8 Å². The molecule has 0 aromatic rings.